The maximum Gasteiger partial charge on any atom is 0.317 e. The monoisotopic (exact) mass is 284 g/mol. The molecular weight excluding hydrogens is 268 g/mol. The second-order valence-electron chi connectivity index (χ2n) is 4.45. The zero-order valence-corrected chi connectivity index (χ0v) is 11.5. The van der Waals surface area contributed by atoms with Crippen LogP contribution in [0.1, 0.15) is 22.8 Å². The lowest BCUT2D eigenvalue weighted by Gasteiger charge is -2.01. The van der Waals surface area contributed by atoms with Gasteiger partial charge < -0.3 is 16.5 Å². The number of hydrogen-bond donors (Lipinski definition) is 4. The third-order valence-corrected chi connectivity index (χ3v) is 2.89. The first-order valence-corrected chi connectivity index (χ1v) is 6.33. The van der Waals surface area contributed by atoms with E-state index < -0.39 is 11.9 Å². The van der Waals surface area contributed by atoms with Crippen molar-refractivity contribution in [3.05, 3.63) is 47.5 Å². The number of allylic oxidation sites excluding steroid dienone is 1. The van der Waals surface area contributed by atoms with Crippen molar-refractivity contribution in [1.29, 1.82) is 0 Å². The Balaban J connectivity index is 2.47. The summed E-state index contributed by atoms with van der Waals surface area (Å²) in [6.07, 6.45) is 3.90. The minimum absolute atomic E-state index is 0.181. The van der Waals surface area contributed by atoms with Gasteiger partial charge in [-0.25, -0.2) is 4.79 Å². The number of nitrogens with one attached hydrogen (secondary N) is 2. The summed E-state index contributed by atoms with van der Waals surface area (Å²) in [5.74, 6) is -0.452. The molecule has 0 spiro atoms. The first-order chi connectivity index (χ1) is 10.0. The van der Waals surface area contributed by atoms with Gasteiger partial charge in [-0.05, 0) is 30.2 Å². The number of rotatable bonds is 4. The van der Waals surface area contributed by atoms with Gasteiger partial charge in [-0.1, -0.05) is 30.4 Å². The number of anilines is 1. The van der Waals surface area contributed by atoms with Crippen molar-refractivity contribution >= 4 is 23.8 Å². The van der Waals surface area contributed by atoms with Crippen LogP contribution in [0, 0.1) is 0 Å². The minimum Gasteiger partial charge on any atom is -0.365 e. The number of nitrogens with two attached hydrogens (primary N) is 2. The van der Waals surface area contributed by atoms with Crippen molar-refractivity contribution in [2.75, 3.05) is 5.32 Å². The number of amides is 3. The number of hydrogen-bond acceptors (Lipinski definition) is 2. The predicted molar refractivity (Wildman–Crippen MR) is 82.7 cm³/mol. The molecule has 0 aliphatic carbocycles. The zero-order chi connectivity index (χ0) is 15.4. The molecule has 0 saturated carbocycles. The summed E-state index contributed by atoms with van der Waals surface area (Å²) in [5, 5.41) is 2.35. The van der Waals surface area contributed by atoms with Crippen LogP contribution >= 0.6 is 0 Å². The molecular formula is C15H16N4O2. The molecule has 1 aromatic carbocycles. The highest BCUT2D eigenvalue weighted by atomic mass is 16.2. The molecule has 0 aliphatic rings. The first kappa shape index (κ1) is 14.4. The molecule has 6 heteroatoms. The number of carbonyl (C=O) groups is 2. The Morgan fingerprint density at radius 1 is 1.24 bits per heavy atom. The van der Waals surface area contributed by atoms with Gasteiger partial charge in [0.1, 0.15) is 5.82 Å². The van der Waals surface area contributed by atoms with Crippen LogP contribution in [0.2, 0.25) is 0 Å². The Bertz CT molecular complexity index is 716. The van der Waals surface area contributed by atoms with Crippen molar-refractivity contribution in [3.8, 4) is 11.3 Å². The maximum atomic E-state index is 11.4. The van der Waals surface area contributed by atoms with Crippen molar-refractivity contribution < 1.29 is 9.59 Å². The summed E-state index contributed by atoms with van der Waals surface area (Å²) in [5.41, 5.74) is 13.1. The number of urea groups is 1. The Morgan fingerprint density at radius 3 is 2.62 bits per heavy atom. The molecule has 108 valence electrons. The van der Waals surface area contributed by atoms with Gasteiger partial charge in [0.15, 0.2) is 0 Å². The Kier molecular flexibility index (Phi) is 4.08. The van der Waals surface area contributed by atoms with E-state index in [0.29, 0.717) is 5.69 Å². The van der Waals surface area contributed by atoms with E-state index >= 15 is 0 Å². The maximum absolute atomic E-state index is 11.4. The fourth-order valence-corrected chi connectivity index (χ4v) is 2.03. The van der Waals surface area contributed by atoms with Crippen LogP contribution in [0.4, 0.5) is 10.6 Å². The number of aromatic amines is 1. The summed E-state index contributed by atoms with van der Waals surface area (Å²) in [4.78, 5) is 25.3. The van der Waals surface area contributed by atoms with Gasteiger partial charge in [0, 0.05) is 5.69 Å². The molecule has 6 nitrogen and oxygen atoms in total. The van der Waals surface area contributed by atoms with Crippen LogP contribution < -0.4 is 16.8 Å². The van der Waals surface area contributed by atoms with Gasteiger partial charge in [0.2, 0.25) is 0 Å². The lowest BCUT2D eigenvalue weighted by Crippen LogP contribution is -2.22. The number of aromatic nitrogens is 1. The molecule has 0 unspecified atom stereocenters. The average molecular weight is 284 g/mol. The lowest BCUT2D eigenvalue weighted by molar-refractivity contribution is 0.100. The molecule has 0 saturated heterocycles. The van der Waals surface area contributed by atoms with E-state index in [1.165, 1.54) is 0 Å². The van der Waals surface area contributed by atoms with Gasteiger partial charge in [-0.3, -0.25) is 10.1 Å². The number of benzene rings is 1. The van der Waals surface area contributed by atoms with E-state index in [0.717, 1.165) is 11.1 Å². The van der Waals surface area contributed by atoms with Crippen LogP contribution in [0.5, 0.6) is 0 Å². The van der Waals surface area contributed by atoms with Crippen LogP contribution in [-0.4, -0.2) is 16.9 Å². The van der Waals surface area contributed by atoms with Crippen molar-refractivity contribution in [2.24, 2.45) is 11.5 Å². The smallest absolute Gasteiger partial charge is 0.317 e. The van der Waals surface area contributed by atoms with Crippen LogP contribution in [0.25, 0.3) is 17.3 Å². The Labute approximate surface area is 121 Å². The molecule has 0 atom stereocenters. The second kappa shape index (κ2) is 5.96. The van der Waals surface area contributed by atoms with Crippen molar-refractivity contribution in [3.63, 3.8) is 0 Å². The largest absolute Gasteiger partial charge is 0.365 e. The molecule has 6 N–H and O–H groups in total. The Hall–Kier alpha value is -3.02. The van der Waals surface area contributed by atoms with E-state index in [4.69, 9.17) is 11.5 Å². The fourth-order valence-electron chi connectivity index (χ4n) is 2.03. The summed E-state index contributed by atoms with van der Waals surface area (Å²) in [6.45, 7) is 1.93. The van der Waals surface area contributed by atoms with Gasteiger partial charge in [-0.2, -0.15) is 0 Å². The first-order valence-electron chi connectivity index (χ1n) is 6.33. The summed E-state index contributed by atoms with van der Waals surface area (Å²) < 4.78 is 0. The molecule has 1 aromatic heterocycles. The number of primary amides is 2. The minimum atomic E-state index is -0.770. The highest BCUT2D eigenvalue weighted by Gasteiger charge is 2.15. The van der Waals surface area contributed by atoms with Gasteiger partial charge in [0.05, 0.1) is 5.56 Å². The third kappa shape index (κ3) is 3.30. The van der Waals surface area contributed by atoms with E-state index in [9.17, 15) is 9.59 Å². The third-order valence-electron chi connectivity index (χ3n) is 2.89. The van der Waals surface area contributed by atoms with Crippen molar-refractivity contribution in [1.82, 2.24) is 4.98 Å². The predicted octanol–water partition coefficient (Wildman–Crippen LogP) is 2.30. The van der Waals surface area contributed by atoms with Crippen LogP contribution in [0.3, 0.4) is 0 Å². The van der Waals surface area contributed by atoms with E-state index in [2.05, 4.69) is 10.3 Å². The molecule has 0 fully saturated rings. The highest BCUT2D eigenvalue weighted by molar-refractivity contribution is 6.03. The number of carbonyl (C=O) groups excluding carboxylic acids is 2. The van der Waals surface area contributed by atoms with E-state index in [1.807, 2.05) is 43.3 Å². The van der Waals surface area contributed by atoms with Gasteiger partial charge in [-0.15, -0.1) is 0 Å². The zero-order valence-electron chi connectivity index (χ0n) is 11.5. The topological polar surface area (TPSA) is 114 Å². The molecule has 3 amide bonds. The summed E-state index contributed by atoms with van der Waals surface area (Å²) in [6, 6.07) is 8.51. The molecule has 1 heterocycles. The van der Waals surface area contributed by atoms with Crippen LogP contribution in [0.15, 0.2) is 36.4 Å². The van der Waals surface area contributed by atoms with Crippen molar-refractivity contribution in [2.45, 2.75) is 6.92 Å². The molecule has 0 bridgehead atoms. The van der Waals surface area contributed by atoms with Gasteiger partial charge in [0.25, 0.3) is 5.91 Å². The normalized spacial score (nSPS) is 10.7. The molecule has 2 rings (SSSR count). The van der Waals surface area contributed by atoms with E-state index in [-0.39, 0.29) is 11.4 Å². The molecule has 0 aliphatic heterocycles. The average Bonchev–Trinajstić information content (AvgIpc) is 2.83. The highest BCUT2D eigenvalue weighted by Crippen LogP contribution is 2.26. The molecule has 21 heavy (non-hydrogen) atoms. The SMILES string of the molecule is C/C=C\c1cccc(-c2cc(C(N)=O)c(NC(N)=O)[nH]2)c1. The lowest BCUT2D eigenvalue weighted by atomic mass is 10.1. The Morgan fingerprint density at radius 2 is 2.00 bits per heavy atom. The molecule has 2 aromatic rings. The number of H-pyrrole nitrogens is 1. The van der Waals surface area contributed by atoms with Crippen LogP contribution in [-0.2, 0) is 0 Å². The standard InChI is InChI=1S/C15H16N4O2/c1-2-4-9-5-3-6-10(7-9)12-8-11(13(16)20)14(18-12)19-15(17)21/h2-8,18H,1H3,(H2,16,20)(H3,17,19,21)/b4-2-. The van der Waals surface area contributed by atoms with E-state index in [1.54, 1.807) is 6.07 Å². The summed E-state index contributed by atoms with van der Waals surface area (Å²) >= 11 is 0. The van der Waals surface area contributed by atoms with Gasteiger partial charge >= 0.3 is 6.03 Å². The fraction of sp³-hybridized carbons (Fsp3) is 0.0667. The molecule has 0 radical (unpaired) electrons. The second-order valence-corrected chi connectivity index (χ2v) is 4.45. The summed E-state index contributed by atoms with van der Waals surface area (Å²) in [7, 11) is 0. The quantitative estimate of drug-likeness (QED) is 0.690.